The van der Waals surface area contributed by atoms with E-state index in [-0.39, 0.29) is 0 Å². The second-order valence-corrected chi connectivity index (χ2v) is 5.50. The number of nitrogens with zero attached hydrogens (tertiary/aromatic N) is 4. The van der Waals surface area contributed by atoms with E-state index in [2.05, 4.69) is 15.2 Å². The van der Waals surface area contributed by atoms with Crippen molar-refractivity contribution >= 4 is 33.9 Å². The Morgan fingerprint density at radius 3 is 2.81 bits per heavy atom. The van der Waals surface area contributed by atoms with E-state index in [0.717, 1.165) is 14.5 Å². The molecule has 2 aromatic heterocycles. The van der Waals surface area contributed by atoms with Crippen LogP contribution in [0.4, 0.5) is 10.8 Å². The molecule has 0 aliphatic rings. The molecule has 2 N–H and O–H groups in total. The molecule has 0 spiro atoms. The quantitative estimate of drug-likeness (QED) is 0.898. The van der Waals surface area contributed by atoms with Crippen LogP contribution in [0.5, 0.6) is 0 Å². The number of nitrogen functional groups attached to an aromatic ring is 1. The van der Waals surface area contributed by atoms with E-state index < -0.39 is 0 Å². The Labute approximate surface area is 102 Å². The summed E-state index contributed by atoms with van der Waals surface area (Å²) < 4.78 is 0.863. The Morgan fingerprint density at radius 1 is 1.38 bits per heavy atom. The van der Waals surface area contributed by atoms with E-state index in [1.807, 2.05) is 25.1 Å². The van der Waals surface area contributed by atoms with Crippen molar-refractivity contribution in [3.8, 4) is 0 Å². The molecular weight excluding hydrogens is 242 g/mol. The summed E-state index contributed by atoms with van der Waals surface area (Å²) in [6.07, 6.45) is 1.69. The SMILES string of the molecule is CN(C)c1nnc(Sc2cc(N)ccn2)s1. The largest absolute Gasteiger partial charge is 0.399 e. The van der Waals surface area contributed by atoms with Crippen LogP contribution in [0.3, 0.4) is 0 Å². The lowest BCUT2D eigenvalue weighted by molar-refractivity contribution is 0.970. The minimum Gasteiger partial charge on any atom is -0.399 e. The number of pyridine rings is 1. The number of anilines is 2. The summed E-state index contributed by atoms with van der Waals surface area (Å²) >= 11 is 2.99. The van der Waals surface area contributed by atoms with Gasteiger partial charge in [-0.2, -0.15) is 0 Å². The molecule has 0 aliphatic heterocycles. The van der Waals surface area contributed by atoms with E-state index in [9.17, 15) is 0 Å². The van der Waals surface area contributed by atoms with Gasteiger partial charge in [0.25, 0.3) is 0 Å². The molecule has 84 valence electrons. The van der Waals surface area contributed by atoms with Crippen LogP contribution in [0.1, 0.15) is 0 Å². The van der Waals surface area contributed by atoms with E-state index in [1.165, 1.54) is 23.1 Å². The van der Waals surface area contributed by atoms with Gasteiger partial charge in [-0.25, -0.2) is 4.98 Å². The predicted octanol–water partition coefficient (Wildman–Crippen LogP) is 1.73. The van der Waals surface area contributed by atoms with Crippen LogP contribution in [0.25, 0.3) is 0 Å². The Morgan fingerprint density at radius 2 is 2.19 bits per heavy atom. The maximum absolute atomic E-state index is 5.67. The van der Waals surface area contributed by atoms with Crippen molar-refractivity contribution in [1.29, 1.82) is 0 Å². The fraction of sp³-hybridized carbons (Fsp3) is 0.222. The zero-order valence-electron chi connectivity index (χ0n) is 8.91. The topological polar surface area (TPSA) is 67.9 Å². The Balaban J connectivity index is 2.14. The standard InChI is InChI=1S/C9H11N5S2/c1-14(2)8-12-13-9(16-8)15-7-5-6(10)3-4-11-7/h3-5H,1-2H3,(H2,10,11). The van der Waals surface area contributed by atoms with Gasteiger partial charge in [0.2, 0.25) is 5.13 Å². The van der Waals surface area contributed by atoms with Crippen LogP contribution < -0.4 is 10.6 Å². The smallest absolute Gasteiger partial charge is 0.208 e. The zero-order chi connectivity index (χ0) is 11.5. The zero-order valence-corrected chi connectivity index (χ0v) is 10.5. The summed E-state index contributed by atoms with van der Waals surface area (Å²) in [5.41, 5.74) is 6.38. The summed E-state index contributed by atoms with van der Waals surface area (Å²) in [4.78, 5) is 6.12. The van der Waals surface area contributed by atoms with Gasteiger partial charge in [-0.15, -0.1) is 10.2 Å². The van der Waals surface area contributed by atoms with Crippen LogP contribution in [0.15, 0.2) is 27.7 Å². The van der Waals surface area contributed by atoms with E-state index >= 15 is 0 Å². The molecule has 2 aromatic rings. The lowest BCUT2D eigenvalue weighted by Crippen LogP contribution is -2.07. The van der Waals surface area contributed by atoms with E-state index in [0.29, 0.717) is 5.69 Å². The van der Waals surface area contributed by atoms with E-state index in [4.69, 9.17) is 5.73 Å². The number of hydrogen-bond acceptors (Lipinski definition) is 7. The Kier molecular flexibility index (Phi) is 3.25. The molecule has 2 heterocycles. The van der Waals surface area contributed by atoms with E-state index in [1.54, 1.807) is 12.3 Å². The van der Waals surface area contributed by atoms with Gasteiger partial charge in [0, 0.05) is 26.0 Å². The van der Waals surface area contributed by atoms with Gasteiger partial charge in [-0.05, 0) is 23.9 Å². The molecule has 0 saturated carbocycles. The molecule has 0 saturated heterocycles. The van der Waals surface area contributed by atoms with Crippen molar-refractivity contribution in [2.24, 2.45) is 0 Å². The van der Waals surface area contributed by atoms with Gasteiger partial charge < -0.3 is 10.6 Å². The molecular formula is C9H11N5S2. The molecule has 0 unspecified atom stereocenters. The monoisotopic (exact) mass is 253 g/mol. The first-order chi connectivity index (χ1) is 7.65. The summed E-state index contributed by atoms with van der Waals surface area (Å²) in [7, 11) is 3.88. The minimum absolute atomic E-state index is 0.704. The lowest BCUT2D eigenvalue weighted by Gasteiger charge is -2.03. The van der Waals surface area contributed by atoms with Crippen molar-refractivity contribution < 1.29 is 0 Å². The summed E-state index contributed by atoms with van der Waals surface area (Å²) in [5, 5.41) is 9.84. The van der Waals surface area contributed by atoms with Gasteiger partial charge in [0.15, 0.2) is 4.34 Å². The first-order valence-electron chi connectivity index (χ1n) is 4.55. The molecule has 7 heteroatoms. The predicted molar refractivity (Wildman–Crippen MR) is 67.0 cm³/mol. The number of hydrogen-bond donors (Lipinski definition) is 1. The molecule has 2 rings (SSSR count). The second kappa shape index (κ2) is 4.67. The molecule has 0 aromatic carbocycles. The minimum atomic E-state index is 0.704. The first kappa shape index (κ1) is 11.2. The molecule has 0 atom stereocenters. The van der Waals surface area contributed by atoms with Gasteiger partial charge in [-0.3, -0.25) is 0 Å². The van der Waals surface area contributed by atoms with Crippen LogP contribution >= 0.6 is 23.1 Å². The average Bonchev–Trinajstić information content (AvgIpc) is 2.66. The summed E-state index contributed by atoms with van der Waals surface area (Å²) in [6, 6.07) is 3.58. The van der Waals surface area contributed by atoms with Crippen LogP contribution in [-0.2, 0) is 0 Å². The van der Waals surface area contributed by atoms with Crippen LogP contribution in [-0.4, -0.2) is 29.3 Å². The van der Waals surface area contributed by atoms with Gasteiger partial charge in [0.05, 0.1) is 0 Å². The number of rotatable bonds is 3. The highest BCUT2D eigenvalue weighted by atomic mass is 32.2. The maximum Gasteiger partial charge on any atom is 0.208 e. The normalized spacial score (nSPS) is 10.4. The van der Waals surface area contributed by atoms with Crippen LogP contribution in [0, 0.1) is 0 Å². The van der Waals surface area contributed by atoms with Crippen molar-refractivity contribution in [2.45, 2.75) is 9.37 Å². The highest BCUT2D eigenvalue weighted by molar-refractivity contribution is 8.01. The number of aromatic nitrogens is 3. The molecule has 0 aliphatic carbocycles. The van der Waals surface area contributed by atoms with Crippen molar-refractivity contribution in [3.05, 3.63) is 18.3 Å². The molecule has 0 fully saturated rings. The second-order valence-electron chi connectivity index (χ2n) is 3.27. The third kappa shape index (κ3) is 2.61. The summed E-state index contributed by atoms with van der Waals surface area (Å²) in [5.74, 6) is 0. The number of nitrogens with two attached hydrogens (primary N) is 1. The average molecular weight is 253 g/mol. The maximum atomic E-state index is 5.67. The lowest BCUT2D eigenvalue weighted by atomic mass is 10.4. The Hall–Kier alpha value is -1.34. The molecule has 5 nitrogen and oxygen atoms in total. The van der Waals surface area contributed by atoms with Gasteiger partial charge >= 0.3 is 0 Å². The molecule has 0 bridgehead atoms. The third-order valence-electron chi connectivity index (χ3n) is 1.73. The molecule has 0 amide bonds. The first-order valence-corrected chi connectivity index (χ1v) is 6.18. The fourth-order valence-electron chi connectivity index (χ4n) is 0.995. The Bertz CT molecular complexity index is 482. The van der Waals surface area contributed by atoms with Gasteiger partial charge in [0.1, 0.15) is 5.03 Å². The van der Waals surface area contributed by atoms with Crippen molar-refractivity contribution in [1.82, 2.24) is 15.2 Å². The third-order valence-corrected chi connectivity index (χ3v) is 3.80. The molecule has 0 radical (unpaired) electrons. The summed E-state index contributed by atoms with van der Waals surface area (Å²) in [6.45, 7) is 0. The highest BCUT2D eigenvalue weighted by Crippen LogP contribution is 2.31. The van der Waals surface area contributed by atoms with Gasteiger partial charge in [-0.1, -0.05) is 11.3 Å². The van der Waals surface area contributed by atoms with Crippen molar-refractivity contribution in [3.63, 3.8) is 0 Å². The fourth-order valence-corrected chi connectivity index (χ4v) is 2.71. The van der Waals surface area contributed by atoms with Crippen molar-refractivity contribution in [2.75, 3.05) is 24.7 Å². The highest BCUT2D eigenvalue weighted by Gasteiger charge is 2.07. The molecule has 16 heavy (non-hydrogen) atoms. The van der Waals surface area contributed by atoms with Crippen LogP contribution in [0.2, 0.25) is 0 Å².